The average molecular weight is 300 g/mol. The van der Waals surface area contributed by atoms with E-state index < -0.39 is 0 Å². The molecule has 1 aromatic carbocycles. The second-order valence-electron chi connectivity index (χ2n) is 7.55. The smallest absolute Gasteiger partial charge is 0.122 e. The van der Waals surface area contributed by atoms with E-state index in [0.29, 0.717) is 5.41 Å². The molecule has 1 N–H and O–H groups in total. The Morgan fingerprint density at radius 2 is 2.05 bits per heavy atom. The van der Waals surface area contributed by atoms with Gasteiger partial charge < -0.3 is 15.0 Å². The van der Waals surface area contributed by atoms with Crippen LogP contribution in [0.2, 0.25) is 0 Å². The minimum atomic E-state index is 0.629. The maximum atomic E-state index is 5.93. The van der Waals surface area contributed by atoms with Crippen molar-refractivity contribution in [2.45, 2.75) is 32.1 Å². The van der Waals surface area contributed by atoms with Crippen LogP contribution in [0.1, 0.15) is 31.2 Å². The quantitative estimate of drug-likeness (QED) is 0.909. The van der Waals surface area contributed by atoms with Crippen molar-refractivity contribution in [3.05, 3.63) is 29.8 Å². The van der Waals surface area contributed by atoms with Gasteiger partial charge in [0, 0.05) is 13.1 Å². The highest BCUT2D eigenvalue weighted by molar-refractivity contribution is 5.34. The number of hydrogen-bond donors (Lipinski definition) is 1. The molecule has 0 amide bonds. The molecular weight excluding hydrogens is 272 g/mol. The van der Waals surface area contributed by atoms with Gasteiger partial charge in [-0.15, -0.1) is 0 Å². The van der Waals surface area contributed by atoms with E-state index in [-0.39, 0.29) is 0 Å². The van der Waals surface area contributed by atoms with E-state index in [9.17, 15) is 0 Å². The molecule has 2 saturated heterocycles. The van der Waals surface area contributed by atoms with Crippen molar-refractivity contribution in [2.75, 3.05) is 39.3 Å². The summed E-state index contributed by atoms with van der Waals surface area (Å²) in [4.78, 5) is 2.74. The van der Waals surface area contributed by atoms with Crippen LogP contribution in [0.15, 0.2) is 24.3 Å². The second kappa shape index (κ2) is 6.21. The van der Waals surface area contributed by atoms with Crippen molar-refractivity contribution in [1.29, 1.82) is 0 Å². The third-order valence-electron chi connectivity index (χ3n) is 5.96. The monoisotopic (exact) mass is 300 g/mol. The van der Waals surface area contributed by atoms with Crippen LogP contribution in [0.5, 0.6) is 5.75 Å². The zero-order valence-corrected chi connectivity index (χ0v) is 13.5. The van der Waals surface area contributed by atoms with Crippen LogP contribution in [0, 0.1) is 11.3 Å². The Morgan fingerprint density at radius 1 is 1.18 bits per heavy atom. The van der Waals surface area contributed by atoms with Crippen molar-refractivity contribution >= 4 is 0 Å². The maximum absolute atomic E-state index is 5.93. The first-order valence-corrected chi connectivity index (χ1v) is 8.97. The van der Waals surface area contributed by atoms with Crippen LogP contribution in [0.3, 0.4) is 0 Å². The standard InChI is InChI=1S/C19H28N2O/c1-2-4-18-17(3-1)13-16(5-12-22-18)14-21-11-8-19(15-21)6-9-20-10-7-19/h1-4,16,20H,5-15H2. The summed E-state index contributed by atoms with van der Waals surface area (Å²) in [5.41, 5.74) is 2.03. The molecule has 1 spiro atoms. The van der Waals surface area contributed by atoms with Gasteiger partial charge in [-0.2, -0.15) is 0 Å². The molecular formula is C19H28N2O. The molecule has 0 radical (unpaired) electrons. The lowest BCUT2D eigenvalue weighted by molar-refractivity contribution is 0.179. The molecule has 4 rings (SSSR count). The van der Waals surface area contributed by atoms with Gasteiger partial charge in [0.15, 0.2) is 0 Å². The first-order chi connectivity index (χ1) is 10.8. The second-order valence-corrected chi connectivity index (χ2v) is 7.55. The normalized spacial score (nSPS) is 28.1. The molecule has 3 heteroatoms. The molecule has 0 aliphatic carbocycles. The van der Waals surface area contributed by atoms with Gasteiger partial charge in [-0.3, -0.25) is 0 Å². The Balaban J connectivity index is 1.38. The minimum absolute atomic E-state index is 0.629. The zero-order chi connectivity index (χ0) is 14.8. The number of ether oxygens (including phenoxy) is 1. The molecule has 22 heavy (non-hydrogen) atoms. The summed E-state index contributed by atoms with van der Waals surface area (Å²) in [6.07, 6.45) is 6.54. The number of hydrogen-bond acceptors (Lipinski definition) is 3. The molecule has 0 saturated carbocycles. The van der Waals surface area contributed by atoms with Crippen molar-refractivity contribution in [1.82, 2.24) is 10.2 Å². The SMILES string of the molecule is c1ccc2c(c1)CC(CN1CCC3(CCNCC3)C1)CCO2. The number of rotatable bonds is 2. The summed E-state index contributed by atoms with van der Waals surface area (Å²) >= 11 is 0. The van der Waals surface area contributed by atoms with Gasteiger partial charge in [-0.25, -0.2) is 0 Å². The van der Waals surface area contributed by atoms with E-state index in [2.05, 4.69) is 34.5 Å². The lowest BCUT2D eigenvalue weighted by atomic mass is 9.78. The van der Waals surface area contributed by atoms with Gasteiger partial charge >= 0.3 is 0 Å². The molecule has 3 aliphatic heterocycles. The van der Waals surface area contributed by atoms with Gasteiger partial charge in [0.05, 0.1) is 6.61 Å². The lowest BCUT2D eigenvalue weighted by Gasteiger charge is -2.34. The summed E-state index contributed by atoms with van der Waals surface area (Å²) in [7, 11) is 0. The highest BCUT2D eigenvalue weighted by Crippen LogP contribution is 2.39. The van der Waals surface area contributed by atoms with E-state index >= 15 is 0 Å². The molecule has 3 aliphatic rings. The van der Waals surface area contributed by atoms with Crippen molar-refractivity contribution in [3.63, 3.8) is 0 Å². The van der Waals surface area contributed by atoms with Gasteiger partial charge in [0.2, 0.25) is 0 Å². The number of likely N-dealkylation sites (tertiary alicyclic amines) is 1. The number of nitrogens with zero attached hydrogens (tertiary/aromatic N) is 1. The Labute approximate surface area is 134 Å². The van der Waals surface area contributed by atoms with E-state index in [0.717, 1.165) is 18.3 Å². The third kappa shape index (κ3) is 3.02. The van der Waals surface area contributed by atoms with Crippen LogP contribution >= 0.6 is 0 Å². The van der Waals surface area contributed by atoms with E-state index in [1.54, 1.807) is 0 Å². The van der Waals surface area contributed by atoms with E-state index in [4.69, 9.17) is 4.74 Å². The summed E-state index contributed by atoms with van der Waals surface area (Å²) < 4.78 is 5.93. The summed E-state index contributed by atoms with van der Waals surface area (Å²) in [5.74, 6) is 1.86. The van der Waals surface area contributed by atoms with Crippen LogP contribution in [-0.2, 0) is 6.42 Å². The predicted octanol–water partition coefficient (Wildman–Crippen LogP) is 2.70. The fourth-order valence-corrected chi connectivity index (χ4v) is 4.63. The van der Waals surface area contributed by atoms with Crippen LogP contribution in [0.4, 0.5) is 0 Å². The van der Waals surface area contributed by atoms with Gasteiger partial charge in [-0.05, 0) is 74.7 Å². The van der Waals surface area contributed by atoms with Gasteiger partial charge in [0.25, 0.3) is 0 Å². The topological polar surface area (TPSA) is 24.5 Å². The molecule has 3 nitrogen and oxygen atoms in total. The summed E-state index contributed by atoms with van der Waals surface area (Å²) in [6, 6.07) is 8.59. The first-order valence-electron chi connectivity index (χ1n) is 8.97. The maximum Gasteiger partial charge on any atom is 0.122 e. The molecule has 120 valence electrons. The summed E-state index contributed by atoms with van der Waals surface area (Å²) in [6.45, 7) is 7.21. The Bertz CT molecular complexity index is 510. The Kier molecular flexibility index (Phi) is 4.10. The molecule has 0 aromatic heterocycles. The molecule has 0 bridgehead atoms. The first kappa shape index (κ1) is 14.5. The third-order valence-corrected chi connectivity index (χ3v) is 5.96. The molecule has 3 heterocycles. The fourth-order valence-electron chi connectivity index (χ4n) is 4.63. The van der Waals surface area contributed by atoms with Crippen molar-refractivity contribution in [3.8, 4) is 5.75 Å². The highest BCUT2D eigenvalue weighted by atomic mass is 16.5. The number of benzene rings is 1. The number of piperidine rings is 1. The van der Waals surface area contributed by atoms with Gasteiger partial charge in [-0.1, -0.05) is 18.2 Å². The Hall–Kier alpha value is -1.06. The van der Waals surface area contributed by atoms with Gasteiger partial charge in [0.1, 0.15) is 5.75 Å². The number of nitrogens with one attached hydrogen (secondary N) is 1. The molecule has 2 fully saturated rings. The molecule has 1 atom stereocenters. The lowest BCUT2D eigenvalue weighted by Crippen LogP contribution is -2.39. The van der Waals surface area contributed by atoms with Crippen LogP contribution < -0.4 is 10.1 Å². The van der Waals surface area contributed by atoms with Crippen molar-refractivity contribution < 1.29 is 4.74 Å². The fraction of sp³-hybridized carbons (Fsp3) is 0.684. The van der Waals surface area contributed by atoms with E-state index in [1.807, 2.05) is 0 Å². The highest BCUT2D eigenvalue weighted by Gasteiger charge is 2.39. The van der Waals surface area contributed by atoms with Crippen molar-refractivity contribution in [2.24, 2.45) is 11.3 Å². The average Bonchev–Trinajstić information content (AvgIpc) is 2.80. The summed E-state index contributed by atoms with van der Waals surface area (Å²) in [5, 5.41) is 3.52. The molecule has 1 aromatic rings. The Morgan fingerprint density at radius 3 is 2.95 bits per heavy atom. The largest absolute Gasteiger partial charge is 0.493 e. The zero-order valence-electron chi connectivity index (χ0n) is 13.5. The van der Waals surface area contributed by atoms with Crippen LogP contribution in [0.25, 0.3) is 0 Å². The number of para-hydroxylation sites is 1. The molecule has 1 unspecified atom stereocenters. The van der Waals surface area contributed by atoms with Crippen LogP contribution in [-0.4, -0.2) is 44.2 Å². The minimum Gasteiger partial charge on any atom is -0.493 e. The predicted molar refractivity (Wildman–Crippen MR) is 89.3 cm³/mol. The number of fused-ring (bicyclic) bond motifs is 1. The van der Waals surface area contributed by atoms with E-state index in [1.165, 1.54) is 70.4 Å².